The van der Waals surface area contributed by atoms with E-state index in [1.807, 2.05) is 38.1 Å². The van der Waals surface area contributed by atoms with Gasteiger partial charge in [-0.25, -0.2) is 4.39 Å². The molecule has 0 spiro atoms. The third kappa shape index (κ3) is 5.92. The molecule has 0 fully saturated rings. The van der Waals surface area contributed by atoms with Crippen LogP contribution in [-0.2, 0) is 9.59 Å². The fourth-order valence-electron chi connectivity index (χ4n) is 3.67. The molecule has 1 heterocycles. The molecule has 0 aliphatic rings. The van der Waals surface area contributed by atoms with E-state index >= 15 is 0 Å². The average Bonchev–Trinajstić information content (AvgIpc) is 3.00. The van der Waals surface area contributed by atoms with Crippen LogP contribution in [0.2, 0.25) is 0 Å². The smallest absolute Gasteiger partial charge is 0.310 e. The van der Waals surface area contributed by atoms with Crippen LogP contribution in [0.5, 0.6) is 0 Å². The Bertz CT molecular complexity index is 1100. The van der Waals surface area contributed by atoms with Gasteiger partial charge in [0.2, 0.25) is 0 Å². The van der Waals surface area contributed by atoms with E-state index in [4.69, 9.17) is 5.11 Å². The molecule has 0 aliphatic carbocycles. The number of benzene rings is 2. The van der Waals surface area contributed by atoms with Crippen LogP contribution in [0.15, 0.2) is 54.6 Å². The molecule has 1 atom stereocenters. The SMILES string of the molecule is CC(C)n1c(C=CC(O)CC(=O)CC(=O)O)c(-c2ccc(F)cc2)c2ccccc21.[Na]. The summed E-state index contributed by atoms with van der Waals surface area (Å²) in [5.74, 6) is -2.08. The Labute approximate surface area is 202 Å². The number of carboxylic acid groups (broad SMARTS) is 1. The molecule has 3 aromatic rings. The maximum absolute atomic E-state index is 13.5. The van der Waals surface area contributed by atoms with Gasteiger partial charge in [0, 0.05) is 64.2 Å². The topological polar surface area (TPSA) is 79.5 Å². The molecule has 1 aromatic heterocycles. The maximum atomic E-state index is 13.5. The largest absolute Gasteiger partial charge is 0.481 e. The second-order valence-corrected chi connectivity index (χ2v) is 7.49. The molecule has 0 aliphatic heterocycles. The van der Waals surface area contributed by atoms with Crippen LogP contribution >= 0.6 is 0 Å². The van der Waals surface area contributed by atoms with Crippen molar-refractivity contribution in [3.8, 4) is 11.1 Å². The Morgan fingerprint density at radius 3 is 2.35 bits per heavy atom. The average molecular weight is 432 g/mol. The van der Waals surface area contributed by atoms with Crippen LogP contribution in [0.4, 0.5) is 4.39 Å². The summed E-state index contributed by atoms with van der Waals surface area (Å²) in [6.07, 6.45) is 1.27. The third-order valence-corrected chi connectivity index (χ3v) is 4.86. The number of ketones is 1. The van der Waals surface area contributed by atoms with E-state index in [-0.39, 0.29) is 47.8 Å². The number of fused-ring (bicyclic) bond motifs is 1. The second-order valence-electron chi connectivity index (χ2n) is 7.49. The number of nitrogens with zero attached hydrogens (tertiary/aromatic N) is 1. The molecule has 0 saturated heterocycles. The third-order valence-electron chi connectivity index (χ3n) is 4.86. The Morgan fingerprint density at radius 2 is 1.74 bits per heavy atom. The van der Waals surface area contributed by atoms with E-state index in [2.05, 4.69) is 4.57 Å². The summed E-state index contributed by atoms with van der Waals surface area (Å²) >= 11 is 0. The van der Waals surface area contributed by atoms with Crippen molar-refractivity contribution in [2.75, 3.05) is 0 Å². The van der Waals surface area contributed by atoms with Gasteiger partial charge in [0.15, 0.2) is 0 Å². The molecule has 1 unspecified atom stereocenters. The van der Waals surface area contributed by atoms with Crippen LogP contribution in [0.1, 0.15) is 38.4 Å². The second kappa shape index (κ2) is 10.9. The molecule has 0 bridgehead atoms. The predicted molar refractivity (Wildman–Crippen MR) is 120 cm³/mol. The number of aliphatic hydroxyl groups is 1. The summed E-state index contributed by atoms with van der Waals surface area (Å²) in [6.45, 7) is 4.09. The molecular formula is C24H24FNNaO4. The maximum Gasteiger partial charge on any atom is 0.310 e. The van der Waals surface area contributed by atoms with E-state index < -0.39 is 24.3 Å². The van der Waals surface area contributed by atoms with Crippen molar-refractivity contribution >= 4 is 58.3 Å². The molecule has 5 nitrogen and oxygen atoms in total. The van der Waals surface area contributed by atoms with Gasteiger partial charge in [0.1, 0.15) is 18.0 Å². The van der Waals surface area contributed by atoms with Gasteiger partial charge in [-0.05, 0) is 43.7 Å². The van der Waals surface area contributed by atoms with Crippen LogP contribution in [0.25, 0.3) is 28.1 Å². The first-order chi connectivity index (χ1) is 14.3. The molecule has 2 N–H and O–H groups in total. The molecule has 7 heteroatoms. The van der Waals surface area contributed by atoms with E-state index in [0.29, 0.717) is 0 Å². The fourth-order valence-corrected chi connectivity index (χ4v) is 3.67. The van der Waals surface area contributed by atoms with Gasteiger partial charge >= 0.3 is 5.97 Å². The van der Waals surface area contributed by atoms with Crippen molar-refractivity contribution in [2.45, 2.75) is 38.8 Å². The molecule has 0 saturated carbocycles. The van der Waals surface area contributed by atoms with Gasteiger partial charge in [-0.3, -0.25) is 9.59 Å². The number of hydrogen-bond acceptors (Lipinski definition) is 3. The molecule has 3 rings (SSSR count). The van der Waals surface area contributed by atoms with Gasteiger partial charge in [0.25, 0.3) is 0 Å². The number of rotatable bonds is 8. The van der Waals surface area contributed by atoms with Crippen LogP contribution in [-0.4, -0.2) is 62.2 Å². The Hall–Kier alpha value is -2.25. The number of aromatic nitrogens is 1. The predicted octanol–water partition coefficient (Wildman–Crippen LogP) is 4.46. The minimum atomic E-state index is -1.21. The summed E-state index contributed by atoms with van der Waals surface area (Å²) in [4.78, 5) is 22.4. The summed E-state index contributed by atoms with van der Waals surface area (Å²) < 4.78 is 15.6. The summed E-state index contributed by atoms with van der Waals surface area (Å²) in [7, 11) is 0. The van der Waals surface area contributed by atoms with E-state index in [9.17, 15) is 19.1 Å². The number of carboxylic acids is 1. The molecular weight excluding hydrogens is 408 g/mol. The van der Waals surface area contributed by atoms with E-state index in [1.54, 1.807) is 18.2 Å². The molecule has 31 heavy (non-hydrogen) atoms. The standard InChI is InChI=1S/C24H24FNO4.Na/c1-15(2)26-21-6-4-3-5-20(21)24(16-7-9-17(25)10-8-16)22(26)12-11-18(27)13-19(28)14-23(29)30;/h3-12,15,18,27H,13-14H2,1-2H3,(H,29,30);. The number of Topliss-reactive ketones (excluding diaryl/α,β-unsaturated/α-hetero) is 1. The summed E-state index contributed by atoms with van der Waals surface area (Å²) in [6, 6.07) is 14.2. The first kappa shape index (κ1) is 25.0. The van der Waals surface area contributed by atoms with Crippen LogP contribution in [0.3, 0.4) is 0 Å². The van der Waals surface area contributed by atoms with Crippen LogP contribution < -0.4 is 0 Å². The monoisotopic (exact) mass is 432 g/mol. The minimum Gasteiger partial charge on any atom is -0.481 e. The molecule has 157 valence electrons. The zero-order valence-corrected chi connectivity index (χ0v) is 19.9. The van der Waals surface area contributed by atoms with Crippen LogP contribution in [0, 0.1) is 5.82 Å². The van der Waals surface area contributed by atoms with E-state index in [0.717, 1.165) is 27.7 Å². The van der Waals surface area contributed by atoms with E-state index in [1.165, 1.54) is 18.2 Å². The number of aliphatic hydroxyl groups excluding tert-OH is 1. The normalized spacial score (nSPS) is 12.3. The van der Waals surface area contributed by atoms with Crippen molar-refractivity contribution < 1.29 is 24.2 Å². The number of hydrogen-bond donors (Lipinski definition) is 2. The van der Waals surface area contributed by atoms with Crippen molar-refractivity contribution in [2.24, 2.45) is 0 Å². The Kier molecular flexibility index (Phi) is 8.77. The van der Waals surface area contributed by atoms with Crippen molar-refractivity contribution in [1.29, 1.82) is 0 Å². The first-order valence-corrected chi connectivity index (χ1v) is 9.76. The number of carbonyl (C=O) groups excluding carboxylic acids is 1. The Balaban J connectivity index is 0.00000341. The fraction of sp³-hybridized carbons (Fsp3) is 0.250. The summed E-state index contributed by atoms with van der Waals surface area (Å²) in [5, 5.41) is 19.9. The number of aliphatic carboxylic acids is 1. The van der Waals surface area contributed by atoms with Crippen molar-refractivity contribution in [3.05, 3.63) is 66.1 Å². The first-order valence-electron chi connectivity index (χ1n) is 9.76. The van der Waals surface area contributed by atoms with Gasteiger partial charge < -0.3 is 14.8 Å². The quantitative estimate of drug-likeness (QED) is 0.407. The number of halogens is 1. The van der Waals surface area contributed by atoms with Gasteiger partial charge in [-0.1, -0.05) is 36.4 Å². The molecule has 2 aromatic carbocycles. The zero-order valence-electron chi connectivity index (χ0n) is 17.9. The zero-order chi connectivity index (χ0) is 21.8. The molecule has 1 radical (unpaired) electrons. The van der Waals surface area contributed by atoms with Crippen molar-refractivity contribution in [3.63, 3.8) is 0 Å². The number of para-hydroxylation sites is 1. The molecule has 0 amide bonds. The minimum absolute atomic E-state index is 0. The Morgan fingerprint density at radius 1 is 1.10 bits per heavy atom. The summed E-state index contributed by atoms with van der Waals surface area (Å²) in [5.41, 5.74) is 3.56. The van der Waals surface area contributed by atoms with Crippen molar-refractivity contribution in [1.82, 2.24) is 4.57 Å². The van der Waals surface area contributed by atoms with Gasteiger partial charge in [-0.2, -0.15) is 0 Å². The van der Waals surface area contributed by atoms with Gasteiger partial charge in [0.05, 0.1) is 6.10 Å². The van der Waals surface area contributed by atoms with Gasteiger partial charge in [-0.15, -0.1) is 0 Å². The number of carbonyl (C=O) groups is 2.